The zero-order valence-electron chi connectivity index (χ0n) is 15.2. The van der Waals surface area contributed by atoms with Crippen LogP contribution in [0.4, 0.5) is 17.5 Å². The third-order valence-electron chi connectivity index (χ3n) is 4.91. The average Bonchev–Trinajstić information content (AvgIpc) is 2.57. The monoisotopic (exact) mass is 324 g/mol. The molecular weight excluding hydrogens is 296 g/mol. The molecule has 24 heavy (non-hydrogen) atoms. The van der Waals surface area contributed by atoms with Gasteiger partial charge in [0.2, 0.25) is 5.95 Å². The summed E-state index contributed by atoms with van der Waals surface area (Å²) in [5, 5.41) is 3.46. The van der Waals surface area contributed by atoms with Crippen LogP contribution in [0.1, 0.15) is 50.7 Å². The molecule has 1 saturated heterocycles. The highest BCUT2D eigenvalue weighted by molar-refractivity contribution is 5.64. The molecule has 1 aromatic heterocycles. The van der Waals surface area contributed by atoms with Crippen molar-refractivity contribution in [2.75, 3.05) is 23.3 Å². The number of hydrogen-bond acceptors (Lipinski definition) is 4. The predicted molar refractivity (Wildman–Crippen MR) is 101 cm³/mol. The highest BCUT2D eigenvalue weighted by atomic mass is 15.2. The van der Waals surface area contributed by atoms with Crippen LogP contribution in [0.25, 0.3) is 0 Å². The Kier molecular flexibility index (Phi) is 5.03. The molecule has 0 unspecified atom stereocenters. The largest absolute Gasteiger partial charge is 0.356 e. The fourth-order valence-electron chi connectivity index (χ4n) is 3.28. The van der Waals surface area contributed by atoms with Crippen LogP contribution in [0, 0.1) is 12.8 Å². The van der Waals surface area contributed by atoms with Gasteiger partial charge in [0, 0.05) is 25.0 Å². The average molecular weight is 324 g/mol. The lowest BCUT2D eigenvalue weighted by Gasteiger charge is -2.31. The Morgan fingerprint density at radius 1 is 1.17 bits per heavy atom. The number of nitrogens with zero attached hydrogens (tertiary/aromatic N) is 3. The van der Waals surface area contributed by atoms with E-state index in [0.29, 0.717) is 11.9 Å². The standard InChI is InChI=1S/C20H28N4/c1-14(2)17-7-5-6-16(4)19(17)23-20-21-11-8-18(22-20)24-12-9-15(3)10-13-24/h5-8,11,14-15H,9-10,12-13H2,1-4H3,(H,21,22,23). The summed E-state index contributed by atoms with van der Waals surface area (Å²) in [6.07, 6.45) is 4.33. The Labute approximate surface area is 145 Å². The summed E-state index contributed by atoms with van der Waals surface area (Å²) in [7, 11) is 0. The van der Waals surface area contributed by atoms with Crippen molar-refractivity contribution in [1.82, 2.24) is 9.97 Å². The van der Waals surface area contributed by atoms with Gasteiger partial charge in [-0.1, -0.05) is 39.0 Å². The van der Waals surface area contributed by atoms with Crippen molar-refractivity contribution < 1.29 is 0 Å². The molecular formula is C20H28N4. The van der Waals surface area contributed by atoms with Gasteiger partial charge in [0.15, 0.2) is 0 Å². The van der Waals surface area contributed by atoms with Crippen molar-refractivity contribution in [1.29, 1.82) is 0 Å². The van der Waals surface area contributed by atoms with E-state index in [1.165, 1.54) is 24.0 Å². The summed E-state index contributed by atoms with van der Waals surface area (Å²) >= 11 is 0. The molecule has 2 aromatic rings. The van der Waals surface area contributed by atoms with Gasteiger partial charge in [0.05, 0.1) is 0 Å². The maximum atomic E-state index is 4.76. The van der Waals surface area contributed by atoms with Crippen LogP contribution in [0.5, 0.6) is 0 Å². The van der Waals surface area contributed by atoms with Gasteiger partial charge in [-0.2, -0.15) is 4.98 Å². The van der Waals surface area contributed by atoms with E-state index in [2.05, 4.69) is 61.1 Å². The second-order valence-electron chi connectivity index (χ2n) is 7.23. The molecule has 4 heteroatoms. The molecule has 128 valence electrons. The molecule has 1 aliphatic rings. The molecule has 0 atom stereocenters. The Hall–Kier alpha value is -2.10. The van der Waals surface area contributed by atoms with Gasteiger partial charge in [-0.15, -0.1) is 0 Å². The zero-order valence-corrected chi connectivity index (χ0v) is 15.2. The number of para-hydroxylation sites is 1. The number of benzene rings is 1. The fraction of sp³-hybridized carbons (Fsp3) is 0.500. The van der Waals surface area contributed by atoms with Gasteiger partial charge >= 0.3 is 0 Å². The van der Waals surface area contributed by atoms with Crippen molar-refractivity contribution in [3.8, 4) is 0 Å². The van der Waals surface area contributed by atoms with Crippen LogP contribution in [0.2, 0.25) is 0 Å². The third kappa shape index (κ3) is 3.69. The second-order valence-corrected chi connectivity index (χ2v) is 7.23. The van der Waals surface area contributed by atoms with Gasteiger partial charge in [0.1, 0.15) is 5.82 Å². The van der Waals surface area contributed by atoms with Crippen LogP contribution in [0.15, 0.2) is 30.5 Å². The third-order valence-corrected chi connectivity index (χ3v) is 4.91. The molecule has 0 spiro atoms. The molecule has 1 aromatic carbocycles. The number of rotatable bonds is 4. The normalized spacial score (nSPS) is 15.8. The minimum absolute atomic E-state index is 0.458. The first-order valence-electron chi connectivity index (χ1n) is 8.99. The van der Waals surface area contributed by atoms with Crippen LogP contribution in [0.3, 0.4) is 0 Å². The van der Waals surface area contributed by atoms with Crippen molar-refractivity contribution >= 4 is 17.5 Å². The first-order chi connectivity index (χ1) is 11.5. The van der Waals surface area contributed by atoms with E-state index in [9.17, 15) is 0 Å². The zero-order chi connectivity index (χ0) is 17.1. The summed E-state index contributed by atoms with van der Waals surface area (Å²) in [6.45, 7) is 11.1. The summed E-state index contributed by atoms with van der Waals surface area (Å²) in [5.41, 5.74) is 3.66. The second kappa shape index (κ2) is 7.20. The van der Waals surface area contributed by atoms with Crippen molar-refractivity contribution in [2.24, 2.45) is 5.92 Å². The number of aromatic nitrogens is 2. The van der Waals surface area contributed by atoms with E-state index in [1.807, 2.05) is 12.3 Å². The van der Waals surface area contributed by atoms with Crippen LogP contribution < -0.4 is 10.2 Å². The topological polar surface area (TPSA) is 41.1 Å². The lowest BCUT2D eigenvalue weighted by molar-refractivity contribution is 0.436. The van der Waals surface area contributed by atoms with E-state index in [4.69, 9.17) is 4.98 Å². The number of aryl methyl sites for hydroxylation is 1. The Bertz CT molecular complexity index is 688. The predicted octanol–water partition coefficient (Wildman–Crippen LogP) is 4.89. The molecule has 1 fully saturated rings. The minimum Gasteiger partial charge on any atom is -0.356 e. The SMILES string of the molecule is Cc1cccc(C(C)C)c1Nc1nccc(N2CCC(C)CC2)n1. The van der Waals surface area contributed by atoms with Crippen LogP contribution >= 0.6 is 0 Å². The molecule has 0 aliphatic carbocycles. The quantitative estimate of drug-likeness (QED) is 0.869. The molecule has 3 rings (SSSR count). The highest BCUT2D eigenvalue weighted by Crippen LogP contribution is 2.30. The molecule has 1 aliphatic heterocycles. The molecule has 0 amide bonds. The molecule has 0 saturated carbocycles. The van der Waals surface area contributed by atoms with Crippen molar-refractivity contribution in [2.45, 2.75) is 46.5 Å². The molecule has 2 heterocycles. The first-order valence-corrected chi connectivity index (χ1v) is 8.99. The van der Waals surface area contributed by atoms with Gasteiger partial charge in [-0.3, -0.25) is 0 Å². The highest BCUT2D eigenvalue weighted by Gasteiger charge is 2.18. The van der Waals surface area contributed by atoms with Crippen LogP contribution in [-0.2, 0) is 0 Å². The fourth-order valence-corrected chi connectivity index (χ4v) is 3.28. The van der Waals surface area contributed by atoms with Gasteiger partial charge in [0.25, 0.3) is 0 Å². The number of nitrogens with one attached hydrogen (secondary N) is 1. The Balaban J connectivity index is 1.83. The van der Waals surface area contributed by atoms with Crippen molar-refractivity contribution in [3.05, 3.63) is 41.6 Å². The molecule has 4 nitrogen and oxygen atoms in total. The van der Waals surface area contributed by atoms with E-state index in [1.54, 1.807) is 0 Å². The Morgan fingerprint density at radius 3 is 2.62 bits per heavy atom. The Morgan fingerprint density at radius 2 is 1.92 bits per heavy atom. The lowest BCUT2D eigenvalue weighted by atomic mass is 9.98. The van der Waals surface area contributed by atoms with Gasteiger partial charge in [-0.05, 0) is 48.8 Å². The van der Waals surface area contributed by atoms with Crippen molar-refractivity contribution in [3.63, 3.8) is 0 Å². The summed E-state index contributed by atoms with van der Waals surface area (Å²) in [6, 6.07) is 8.43. The van der Waals surface area contributed by atoms with E-state index in [0.717, 1.165) is 30.5 Å². The molecule has 0 bridgehead atoms. The number of anilines is 3. The maximum absolute atomic E-state index is 4.76. The smallest absolute Gasteiger partial charge is 0.229 e. The van der Waals surface area contributed by atoms with E-state index >= 15 is 0 Å². The number of hydrogen-bond donors (Lipinski definition) is 1. The van der Waals surface area contributed by atoms with Crippen LogP contribution in [-0.4, -0.2) is 23.1 Å². The first kappa shape index (κ1) is 16.7. The summed E-state index contributed by atoms with van der Waals surface area (Å²) < 4.78 is 0. The summed E-state index contributed by atoms with van der Waals surface area (Å²) in [5.74, 6) is 2.99. The molecule has 0 radical (unpaired) electrons. The molecule has 1 N–H and O–H groups in total. The summed E-state index contributed by atoms with van der Waals surface area (Å²) in [4.78, 5) is 11.6. The van der Waals surface area contributed by atoms with Gasteiger partial charge in [-0.25, -0.2) is 4.98 Å². The minimum atomic E-state index is 0.458. The van der Waals surface area contributed by atoms with Gasteiger partial charge < -0.3 is 10.2 Å². The van der Waals surface area contributed by atoms with E-state index < -0.39 is 0 Å². The van der Waals surface area contributed by atoms with E-state index in [-0.39, 0.29) is 0 Å². The maximum Gasteiger partial charge on any atom is 0.229 e. The lowest BCUT2D eigenvalue weighted by Crippen LogP contribution is -2.33. The number of piperidine rings is 1.